The number of benzene rings is 1. The van der Waals surface area contributed by atoms with Gasteiger partial charge in [-0.3, -0.25) is 4.79 Å². The van der Waals surface area contributed by atoms with Crippen LogP contribution in [0.15, 0.2) is 50.7 Å². The van der Waals surface area contributed by atoms with Crippen LogP contribution in [0.5, 0.6) is 0 Å². The van der Waals surface area contributed by atoms with E-state index in [9.17, 15) is 4.79 Å². The minimum absolute atomic E-state index is 0.111. The Morgan fingerprint density at radius 2 is 1.90 bits per heavy atom. The van der Waals surface area contributed by atoms with Crippen molar-refractivity contribution in [2.75, 3.05) is 23.3 Å². The zero-order valence-corrected chi connectivity index (χ0v) is 17.4. The highest BCUT2D eigenvalue weighted by Crippen LogP contribution is 2.29. The van der Waals surface area contributed by atoms with Crippen molar-refractivity contribution >= 4 is 29.0 Å². The highest BCUT2D eigenvalue weighted by molar-refractivity contribution is 8.00. The van der Waals surface area contributed by atoms with Gasteiger partial charge in [0.25, 0.3) is 11.1 Å². The van der Waals surface area contributed by atoms with Gasteiger partial charge < -0.3 is 19.1 Å². The Hall–Kier alpha value is -2.74. The van der Waals surface area contributed by atoms with Crippen LogP contribution in [-0.4, -0.2) is 34.4 Å². The predicted octanol–water partition coefficient (Wildman–Crippen LogP) is 4.75. The first-order valence-corrected chi connectivity index (χ1v) is 10.7. The van der Waals surface area contributed by atoms with E-state index in [1.54, 1.807) is 12.3 Å². The number of carbonyl (C=O) groups excluding carboxylic acids is 1. The molecule has 1 fully saturated rings. The van der Waals surface area contributed by atoms with Crippen LogP contribution in [0.3, 0.4) is 0 Å². The fraction of sp³-hybridized carbons (Fsp3) is 0.381. The van der Waals surface area contributed by atoms with Gasteiger partial charge in [0, 0.05) is 24.5 Å². The van der Waals surface area contributed by atoms with Crippen LogP contribution >= 0.6 is 11.8 Å². The van der Waals surface area contributed by atoms with E-state index in [1.165, 1.54) is 36.7 Å². The van der Waals surface area contributed by atoms with Crippen molar-refractivity contribution in [3.8, 4) is 11.5 Å². The summed E-state index contributed by atoms with van der Waals surface area (Å²) in [7, 11) is 0. The molecule has 1 amide bonds. The molecule has 152 valence electrons. The first-order chi connectivity index (χ1) is 14.1. The highest BCUT2D eigenvalue weighted by Gasteiger charge is 2.20. The molecule has 1 saturated heterocycles. The molecule has 0 spiro atoms. The van der Waals surface area contributed by atoms with Crippen LogP contribution in [0, 0.1) is 6.92 Å². The van der Waals surface area contributed by atoms with E-state index < -0.39 is 0 Å². The van der Waals surface area contributed by atoms with Crippen molar-refractivity contribution in [1.82, 2.24) is 10.2 Å². The Morgan fingerprint density at radius 1 is 1.14 bits per heavy atom. The number of piperidine rings is 1. The maximum absolute atomic E-state index is 12.5. The second-order valence-corrected chi connectivity index (χ2v) is 8.40. The number of anilines is 2. The summed E-state index contributed by atoms with van der Waals surface area (Å²) in [6.45, 7) is 5.85. The Labute approximate surface area is 173 Å². The number of furan rings is 1. The molecule has 1 N–H and O–H groups in total. The number of nitrogens with one attached hydrogen (secondary N) is 1. The van der Waals surface area contributed by atoms with Crippen LogP contribution in [0.4, 0.5) is 11.4 Å². The molecular weight excluding hydrogens is 388 g/mol. The average Bonchev–Trinajstić information content (AvgIpc) is 3.37. The number of rotatable bonds is 6. The number of nitrogens with zero attached hydrogens (tertiary/aromatic N) is 3. The summed E-state index contributed by atoms with van der Waals surface area (Å²) < 4.78 is 10.9. The molecule has 3 heterocycles. The number of amides is 1. The maximum atomic E-state index is 12.5. The van der Waals surface area contributed by atoms with Gasteiger partial charge in [-0.05, 0) is 63.4 Å². The van der Waals surface area contributed by atoms with E-state index in [0.717, 1.165) is 24.3 Å². The largest absolute Gasteiger partial charge is 0.469 e. The highest BCUT2D eigenvalue weighted by atomic mass is 32.2. The summed E-state index contributed by atoms with van der Waals surface area (Å²) in [5.74, 6) is 0.989. The minimum Gasteiger partial charge on any atom is -0.469 e. The van der Waals surface area contributed by atoms with Crippen molar-refractivity contribution in [2.45, 2.75) is 43.6 Å². The van der Waals surface area contributed by atoms with Crippen molar-refractivity contribution in [3.05, 3.63) is 42.4 Å². The average molecular weight is 413 g/mol. The minimum atomic E-state index is -0.379. The molecule has 2 aromatic heterocycles. The molecular formula is C21H24N4O3S. The Morgan fingerprint density at radius 3 is 2.59 bits per heavy atom. The van der Waals surface area contributed by atoms with Crippen LogP contribution in [0.1, 0.15) is 31.9 Å². The van der Waals surface area contributed by atoms with Gasteiger partial charge in [0.05, 0.1) is 17.1 Å². The number of carbonyl (C=O) groups is 1. The number of aryl methyl sites for hydroxylation is 1. The van der Waals surface area contributed by atoms with Crippen LogP contribution < -0.4 is 10.2 Å². The lowest BCUT2D eigenvalue weighted by Crippen LogP contribution is -2.29. The summed E-state index contributed by atoms with van der Waals surface area (Å²) in [5, 5.41) is 11.0. The zero-order valence-electron chi connectivity index (χ0n) is 16.6. The number of hydrogen-bond donors (Lipinski definition) is 1. The summed E-state index contributed by atoms with van der Waals surface area (Å²) in [5.41, 5.74) is 2.75. The van der Waals surface area contributed by atoms with Gasteiger partial charge in [0.1, 0.15) is 5.76 Å². The van der Waals surface area contributed by atoms with E-state index in [0.29, 0.717) is 16.9 Å². The van der Waals surface area contributed by atoms with Gasteiger partial charge >= 0.3 is 0 Å². The predicted molar refractivity (Wildman–Crippen MR) is 113 cm³/mol. The van der Waals surface area contributed by atoms with E-state index in [2.05, 4.69) is 32.5 Å². The molecule has 29 heavy (non-hydrogen) atoms. The second-order valence-electron chi connectivity index (χ2n) is 7.11. The lowest BCUT2D eigenvalue weighted by Gasteiger charge is -2.28. The van der Waals surface area contributed by atoms with Gasteiger partial charge in [-0.15, -0.1) is 10.2 Å². The van der Waals surface area contributed by atoms with E-state index in [4.69, 9.17) is 8.83 Å². The molecule has 4 rings (SSSR count). The first kappa shape index (κ1) is 19.6. The molecule has 0 unspecified atom stereocenters. The van der Waals surface area contributed by atoms with Crippen LogP contribution in [0.2, 0.25) is 0 Å². The molecule has 0 radical (unpaired) electrons. The molecule has 3 aromatic rings. The third-order valence-electron chi connectivity index (χ3n) is 5.00. The molecule has 8 heteroatoms. The van der Waals surface area contributed by atoms with Gasteiger partial charge in [-0.2, -0.15) is 0 Å². The van der Waals surface area contributed by atoms with Crippen molar-refractivity contribution in [3.63, 3.8) is 0 Å². The SMILES string of the molecule is Cc1occc1-c1nnc(S[C@H](C)C(=O)Nc2ccc(N3CCCCC3)cc2)o1. The molecule has 1 aliphatic heterocycles. The smallest absolute Gasteiger partial charge is 0.277 e. The normalized spacial score (nSPS) is 15.3. The summed E-state index contributed by atoms with van der Waals surface area (Å²) in [6.07, 6.45) is 5.37. The summed E-state index contributed by atoms with van der Waals surface area (Å²) in [6, 6.07) is 9.81. The van der Waals surface area contributed by atoms with Gasteiger partial charge in [-0.1, -0.05) is 11.8 Å². The summed E-state index contributed by atoms with van der Waals surface area (Å²) in [4.78, 5) is 14.9. The van der Waals surface area contributed by atoms with Crippen molar-refractivity contribution in [1.29, 1.82) is 0 Å². The zero-order chi connectivity index (χ0) is 20.2. The lowest BCUT2D eigenvalue weighted by molar-refractivity contribution is -0.115. The first-order valence-electron chi connectivity index (χ1n) is 9.80. The molecule has 1 aromatic carbocycles. The Bertz CT molecular complexity index is 960. The molecule has 0 bridgehead atoms. The molecule has 0 saturated carbocycles. The topological polar surface area (TPSA) is 84.4 Å². The molecule has 0 aliphatic carbocycles. The number of hydrogen-bond acceptors (Lipinski definition) is 7. The molecule has 1 aliphatic rings. The Balaban J connectivity index is 1.33. The summed E-state index contributed by atoms with van der Waals surface area (Å²) >= 11 is 1.23. The van der Waals surface area contributed by atoms with Gasteiger partial charge in [-0.25, -0.2) is 0 Å². The van der Waals surface area contributed by atoms with E-state index in [-0.39, 0.29) is 11.2 Å². The van der Waals surface area contributed by atoms with Crippen molar-refractivity contribution in [2.24, 2.45) is 0 Å². The van der Waals surface area contributed by atoms with Crippen LogP contribution in [0.25, 0.3) is 11.5 Å². The fourth-order valence-electron chi connectivity index (χ4n) is 3.33. The number of thioether (sulfide) groups is 1. The quantitative estimate of drug-likeness (QED) is 0.585. The monoisotopic (exact) mass is 412 g/mol. The van der Waals surface area contributed by atoms with Crippen molar-refractivity contribution < 1.29 is 13.6 Å². The van der Waals surface area contributed by atoms with Gasteiger partial charge in [0.15, 0.2) is 0 Å². The maximum Gasteiger partial charge on any atom is 0.277 e. The fourth-order valence-corrected chi connectivity index (χ4v) is 4.01. The van der Waals surface area contributed by atoms with Crippen LogP contribution in [-0.2, 0) is 4.79 Å². The molecule has 1 atom stereocenters. The number of aromatic nitrogens is 2. The van der Waals surface area contributed by atoms with E-state index >= 15 is 0 Å². The molecule has 7 nitrogen and oxygen atoms in total. The second kappa shape index (κ2) is 8.73. The standard InChI is InChI=1S/C21H24N4O3S/c1-14-18(10-13-27-14)20-23-24-21(28-20)29-15(2)19(26)22-16-6-8-17(9-7-16)25-11-4-3-5-12-25/h6-10,13,15H,3-5,11-12H2,1-2H3,(H,22,26)/t15-/m1/s1. The lowest BCUT2D eigenvalue weighted by atomic mass is 10.1. The van der Waals surface area contributed by atoms with E-state index in [1.807, 2.05) is 26.0 Å². The Kier molecular flexibility index (Phi) is 5.89. The third kappa shape index (κ3) is 4.64. The third-order valence-corrected chi connectivity index (χ3v) is 5.93. The van der Waals surface area contributed by atoms with Gasteiger partial charge in [0.2, 0.25) is 5.91 Å².